The smallest absolute Gasteiger partial charge is 0.294 e. The van der Waals surface area contributed by atoms with Crippen molar-refractivity contribution in [3.8, 4) is 0 Å². The van der Waals surface area contributed by atoms with Gasteiger partial charge in [-0.2, -0.15) is 8.42 Å². The normalized spacial score (nSPS) is 11.9. The van der Waals surface area contributed by atoms with E-state index in [-0.39, 0.29) is 4.90 Å². The molecule has 0 aliphatic rings. The highest BCUT2D eigenvalue weighted by Crippen LogP contribution is 2.24. The molecule has 0 saturated heterocycles. The van der Waals surface area contributed by atoms with E-state index in [0.717, 1.165) is 5.39 Å². The molecule has 0 spiro atoms. The van der Waals surface area contributed by atoms with Crippen LogP contribution in [-0.4, -0.2) is 13.0 Å². The zero-order valence-corrected chi connectivity index (χ0v) is 9.45. The predicted molar refractivity (Wildman–Crippen MR) is 62.9 cm³/mol. The fourth-order valence-corrected chi connectivity index (χ4v) is 2.43. The highest BCUT2D eigenvalue weighted by Gasteiger charge is 2.13. The average molecular weight is 237 g/mol. The summed E-state index contributed by atoms with van der Waals surface area (Å²) < 4.78 is 31.3. The molecule has 0 bridgehead atoms. The van der Waals surface area contributed by atoms with Gasteiger partial charge in [0, 0.05) is 5.69 Å². The van der Waals surface area contributed by atoms with Gasteiger partial charge >= 0.3 is 0 Å². The lowest BCUT2D eigenvalue weighted by Crippen LogP contribution is -2.00. The fraction of sp³-hybridized carbons (Fsp3) is 0.0909. The van der Waals surface area contributed by atoms with Crippen LogP contribution in [0.25, 0.3) is 10.8 Å². The minimum absolute atomic E-state index is 0.0781. The third-order valence-corrected chi connectivity index (χ3v) is 3.43. The number of nitrogen functional groups attached to an aromatic ring is 1. The van der Waals surface area contributed by atoms with Crippen molar-refractivity contribution in [3.05, 3.63) is 35.9 Å². The van der Waals surface area contributed by atoms with Gasteiger partial charge in [-0.3, -0.25) is 4.55 Å². The Morgan fingerprint density at radius 3 is 2.44 bits per heavy atom. The Morgan fingerprint density at radius 2 is 1.81 bits per heavy atom. The Morgan fingerprint density at radius 1 is 1.12 bits per heavy atom. The monoisotopic (exact) mass is 237 g/mol. The number of hydrogen-bond donors (Lipinski definition) is 2. The molecular formula is C11H11NO3S. The molecule has 0 unspecified atom stereocenters. The Bertz CT molecular complexity index is 662. The summed E-state index contributed by atoms with van der Waals surface area (Å²) in [6.45, 7) is 1.64. The highest BCUT2D eigenvalue weighted by atomic mass is 32.2. The lowest BCUT2D eigenvalue weighted by atomic mass is 10.1. The zero-order chi connectivity index (χ0) is 11.9. The Labute approximate surface area is 93.4 Å². The van der Waals surface area contributed by atoms with E-state index in [9.17, 15) is 8.42 Å². The number of fused-ring (bicyclic) bond motifs is 1. The lowest BCUT2D eigenvalue weighted by molar-refractivity contribution is 0.482. The van der Waals surface area contributed by atoms with E-state index in [1.54, 1.807) is 25.1 Å². The fourth-order valence-electron chi connectivity index (χ4n) is 1.69. The van der Waals surface area contributed by atoms with Gasteiger partial charge in [-0.15, -0.1) is 0 Å². The van der Waals surface area contributed by atoms with E-state index >= 15 is 0 Å². The Kier molecular flexibility index (Phi) is 2.36. The summed E-state index contributed by atoms with van der Waals surface area (Å²) in [5.74, 6) is 0. The first-order valence-corrected chi connectivity index (χ1v) is 6.09. The largest absolute Gasteiger partial charge is 0.399 e. The number of rotatable bonds is 1. The molecule has 16 heavy (non-hydrogen) atoms. The van der Waals surface area contributed by atoms with Crippen LogP contribution in [0.4, 0.5) is 5.69 Å². The summed E-state index contributed by atoms with van der Waals surface area (Å²) in [6, 6.07) is 8.36. The van der Waals surface area contributed by atoms with Gasteiger partial charge in [0.25, 0.3) is 10.1 Å². The molecule has 84 valence electrons. The van der Waals surface area contributed by atoms with Crippen LogP contribution in [0, 0.1) is 6.92 Å². The van der Waals surface area contributed by atoms with Crippen molar-refractivity contribution in [2.75, 3.05) is 5.73 Å². The van der Waals surface area contributed by atoms with Crippen LogP contribution < -0.4 is 5.73 Å². The summed E-state index contributed by atoms with van der Waals surface area (Å²) >= 11 is 0. The first-order chi connectivity index (χ1) is 7.38. The standard InChI is InChI=1S/C11H11NO3S/c1-7-4-8-2-3-10(12)5-9(8)6-11(7)16(13,14)15/h2-6H,12H2,1H3,(H,13,14,15). The van der Waals surface area contributed by atoms with Crippen LogP contribution in [0.5, 0.6) is 0 Å². The SMILES string of the molecule is Cc1cc2ccc(N)cc2cc1S(=O)(=O)O. The summed E-state index contributed by atoms with van der Waals surface area (Å²) in [6.07, 6.45) is 0. The van der Waals surface area contributed by atoms with Gasteiger partial charge in [-0.05, 0) is 41.5 Å². The van der Waals surface area contributed by atoms with Gasteiger partial charge in [0.15, 0.2) is 0 Å². The van der Waals surface area contributed by atoms with Crippen molar-refractivity contribution in [2.45, 2.75) is 11.8 Å². The molecular weight excluding hydrogens is 226 g/mol. The minimum atomic E-state index is -4.18. The van der Waals surface area contributed by atoms with Crippen LogP contribution in [0.15, 0.2) is 35.2 Å². The maximum atomic E-state index is 11.1. The van der Waals surface area contributed by atoms with E-state index in [0.29, 0.717) is 16.6 Å². The van der Waals surface area contributed by atoms with E-state index < -0.39 is 10.1 Å². The lowest BCUT2D eigenvalue weighted by Gasteiger charge is -2.06. The molecule has 2 aromatic carbocycles. The van der Waals surface area contributed by atoms with Gasteiger partial charge in [-0.25, -0.2) is 0 Å². The quantitative estimate of drug-likeness (QED) is 0.587. The van der Waals surface area contributed by atoms with Crippen molar-refractivity contribution >= 4 is 26.6 Å². The molecule has 2 rings (SSSR count). The molecule has 0 radical (unpaired) electrons. The molecule has 0 saturated carbocycles. The molecule has 5 heteroatoms. The van der Waals surface area contributed by atoms with Crippen LogP contribution in [-0.2, 0) is 10.1 Å². The second kappa shape index (κ2) is 3.47. The number of benzene rings is 2. The molecule has 3 N–H and O–H groups in total. The summed E-state index contributed by atoms with van der Waals surface area (Å²) in [7, 11) is -4.18. The maximum Gasteiger partial charge on any atom is 0.294 e. The van der Waals surface area contributed by atoms with Gasteiger partial charge < -0.3 is 5.73 Å². The summed E-state index contributed by atoms with van der Waals surface area (Å²) in [5.41, 5.74) is 6.68. The highest BCUT2D eigenvalue weighted by molar-refractivity contribution is 7.85. The van der Waals surface area contributed by atoms with Crippen molar-refractivity contribution in [3.63, 3.8) is 0 Å². The first kappa shape index (κ1) is 10.9. The number of hydrogen-bond acceptors (Lipinski definition) is 3. The Balaban J connectivity index is 2.84. The van der Waals surface area contributed by atoms with Crippen molar-refractivity contribution in [2.24, 2.45) is 0 Å². The van der Waals surface area contributed by atoms with Crippen molar-refractivity contribution in [1.82, 2.24) is 0 Å². The summed E-state index contributed by atoms with van der Waals surface area (Å²) in [5, 5.41) is 1.58. The molecule has 0 atom stereocenters. The van der Waals surface area contributed by atoms with Crippen molar-refractivity contribution in [1.29, 1.82) is 0 Å². The van der Waals surface area contributed by atoms with E-state index in [1.807, 2.05) is 6.07 Å². The van der Waals surface area contributed by atoms with Gasteiger partial charge in [0.2, 0.25) is 0 Å². The van der Waals surface area contributed by atoms with E-state index in [2.05, 4.69) is 0 Å². The molecule has 0 fully saturated rings. The number of aryl methyl sites for hydroxylation is 1. The summed E-state index contributed by atoms with van der Waals surface area (Å²) in [4.78, 5) is -0.0781. The van der Waals surface area contributed by atoms with Gasteiger partial charge in [0.1, 0.15) is 0 Å². The predicted octanol–water partition coefficient (Wildman–Crippen LogP) is 1.98. The topological polar surface area (TPSA) is 80.4 Å². The zero-order valence-electron chi connectivity index (χ0n) is 8.64. The van der Waals surface area contributed by atoms with Crippen LogP contribution >= 0.6 is 0 Å². The maximum absolute atomic E-state index is 11.1. The number of anilines is 1. The van der Waals surface area contributed by atoms with Crippen LogP contribution in [0.2, 0.25) is 0 Å². The average Bonchev–Trinajstić information content (AvgIpc) is 2.16. The molecule has 4 nitrogen and oxygen atoms in total. The van der Waals surface area contributed by atoms with Crippen LogP contribution in [0.3, 0.4) is 0 Å². The molecule has 0 aliphatic heterocycles. The Hall–Kier alpha value is -1.59. The minimum Gasteiger partial charge on any atom is -0.399 e. The van der Waals surface area contributed by atoms with E-state index in [1.165, 1.54) is 6.07 Å². The number of nitrogens with two attached hydrogens (primary N) is 1. The first-order valence-electron chi connectivity index (χ1n) is 4.65. The molecule has 0 aliphatic carbocycles. The second-order valence-corrected chi connectivity index (χ2v) is 5.09. The van der Waals surface area contributed by atoms with Gasteiger partial charge in [0.05, 0.1) is 4.90 Å². The van der Waals surface area contributed by atoms with Crippen molar-refractivity contribution < 1.29 is 13.0 Å². The second-order valence-electron chi connectivity index (χ2n) is 3.70. The molecule has 2 aromatic rings. The third kappa shape index (κ3) is 1.87. The molecule has 0 amide bonds. The third-order valence-electron chi connectivity index (χ3n) is 2.44. The van der Waals surface area contributed by atoms with E-state index in [4.69, 9.17) is 10.3 Å². The van der Waals surface area contributed by atoms with Crippen LogP contribution in [0.1, 0.15) is 5.56 Å². The van der Waals surface area contributed by atoms with Gasteiger partial charge in [-0.1, -0.05) is 12.1 Å². The molecule has 0 heterocycles. The molecule has 0 aromatic heterocycles.